The van der Waals surface area contributed by atoms with Crippen LogP contribution in [-0.2, 0) is 17.6 Å². The van der Waals surface area contributed by atoms with Crippen molar-refractivity contribution < 1.29 is 28.3 Å². The predicted octanol–water partition coefficient (Wildman–Crippen LogP) is 5.38. The number of halogens is 2. The van der Waals surface area contributed by atoms with Gasteiger partial charge in [0.1, 0.15) is 11.6 Å². The molecule has 0 unspecified atom stereocenters. The van der Waals surface area contributed by atoms with E-state index in [9.17, 15) is 28.3 Å². The summed E-state index contributed by atoms with van der Waals surface area (Å²) in [5.74, 6) is -2.41. The zero-order valence-electron chi connectivity index (χ0n) is 25.7. The summed E-state index contributed by atoms with van der Waals surface area (Å²) >= 11 is 0. The highest BCUT2D eigenvalue weighted by Crippen LogP contribution is 2.17. The maximum absolute atomic E-state index is 14.0. The van der Waals surface area contributed by atoms with Crippen molar-refractivity contribution >= 4 is 17.7 Å². The van der Waals surface area contributed by atoms with Gasteiger partial charge in [0.15, 0.2) is 0 Å². The van der Waals surface area contributed by atoms with Gasteiger partial charge in [-0.3, -0.25) is 14.4 Å². The largest absolute Gasteiger partial charge is 0.391 e. The molecule has 3 aromatic rings. The normalized spacial score (nSPS) is 12.3. The van der Waals surface area contributed by atoms with E-state index >= 15 is 0 Å². The number of hydrogen-bond donors (Lipinski definition) is 3. The molecule has 3 N–H and O–H groups in total. The Morgan fingerprint density at radius 3 is 2.14 bits per heavy atom. The molecule has 0 spiro atoms. The van der Waals surface area contributed by atoms with Gasteiger partial charge in [-0.25, -0.2) is 8.78 Å². The Morgan fingerprint density at radius 2 is 1.50 bits per heavy atom. The molecule has 0 aliphatic carbocycles. The topological polar surface area (TPSA) is 98.7 Å². The van der Waals surface area contributed by atoms with Crippen LogP contribution in [0.25, 0.3) is 0 Å². The molecule has 0 saturated carbocycles. The van der Waals surface area contributed by atoms with Crippen LogP contribution in [0.15, 0.2) is 66.7 Å². The van der Waals surface area contributed by atoms with Crippen molar-refractivity contribution in [2.24, 2.45) is 0 Å². The number of nitrogens with one attached hydrogen (secondary N) is 2. The molecule has 3 amide bonds. The number of aliphatic hydroxyl groups excluding tert-OH is 1. The lowest BCUT2D eigenvalue weighted by Gasteiger charge is -2.25. The summed E-state index contributed by atoms with van der Waals surface area (Å²) in [5.41, 5.74) is 2.64. The molecule has 0 aliphatic heterocycles. The molecule has 0 saturated heterocycles. The van der Waals surface area contributed by atoms with Gasteiger partial charge in [0.25, 0.3) is 11.8 Å². The Morgan fingerprint density at radius 1 is 0.864 bits per heavy atom. The van der Waals surface area contributed by atoms with Gasteiger partial charge in [-0.2, -0.15) is 0 Å². The third-order valence-corrected chi connectivity index (χ3v) is 7.27. The van der Waals surface area contributed by atoms with Gasteiger partial charge < -0.3 is 20.6 Å². The first kappa shape index (κ1) is 34.4. The first-order valence-electron chi connectivity index (χ1n) is 15.2. The van der Waals surface area contributed by atoms with Crippen LogP contribution in [0.2, 0.25) is 0 Å². The summed E-state index contributed by atoms with van der Waals surface area (Å²) in [7, 11) is 0. The van der Waals surface area contributed by atoms with E-state index < -0.39 is 29.7 Å². The lowest BCUT2D eigenvalue weighted by atomic mass is 9.97. The van der Waals surface area contributed by atoms with Crippen LogP contribution in [0.3, 0.4) is 0 Å². The number of hydrogen-bond acceptors (Lipinski definition) is 4. The minimum absolute atomic E-state index is 0.0536. The Hall–Kier alpha value is -4.11. The van der Waals surface area contributed by atoms with Crippen LogP contribution < -0.4 is 10.6 Å². The fourth-order valence-electron chi connectivity index (χ4n) is 5.14. The SMILES string of the molecule is CCCN(CCC)C(=O)c1cc(C)cc(C(=O)N[C@@H](Cc2cc(F)cc(F)c2)[C@@H](O)CCNC(=O)CCc2ccccc2)c1. The molecule has 0 aromatic heterocycles. The summed E-state index contributed by atoms with van der Waals surface area (Å²) in [4.78, 5) is 40.8. The van der Waals surface area contributed by atoms with Crippen molar-refractivity contribution in [1.82, 2.24) is 15.5 Å². The lowest BCUT2D eigenvalue weighted by molar-refractivity contribution is -0.121. The van der Waals surface area contributed by atoms with E-state index in [0.29, 0.717) is 25.1 Å². The van der Waals surface area contributed by atoms with Crippen molar-refractivity contribution in [2.45, 2.75) is 71.4 Å². The number of carbonyl (C=O) groups excluding carboxylic acids is 3. The molecule has 44 heavy (non-hydrogen) atoms. The molecule has 236 valence electrons. The number of aryl methyl sites for hydroxylation is 2. The van der Waals surface area contributed by atoms with E-state index in [0.717, 1.165) is 42.2 Å². The van der Waals surface area contributed by atoms with E-state index in [1.807, 2.05) is 44.2 Å². The van der Waals surface area contributed by atoms with Gasteiger partial charge in [0.2, 0.25) is 5.91 Å². The minimum atomic E-state index is -1.14. The third-order valence-electron chi connectivity index (χ3n) is 7.27. The standard InChI is InChI=1S/C35H43F2N3O4/c1-4-15-40(16-5-2)35(44)28-18-24(3)17-27(22-28)34(43)39-31(21-26-19-29(36)23-30(37)20-26)32(41)13-14-38-33(42)12-11-25-9-7-6-8-10-25/h6-10,17-20,22-23,31-32,41H,4-5,11-16,21H2,1-3H3,(H,38,42)(H,39,43)/t31-,32-/m0/s1. The Labute approximate surface area is 258 Å². The molecule has 0 fully saturated rings. The van der Waals surface area contributed by atoms with E-state index in [4.69, 9.17) is 0 Å². The second kappa shape index (κ2) is 17.3. The summed E-state index contributed by atoms with van der Waals surface area (Å²) in [6.07, 6.45) is 1.37. The average molecular weight is 608 g/mol. The Kier molecular flexibility index (Phi) is 13.5. The van der Waals surface area contributed by atoms with Crippen LogP contribution in [0.5, 0.6) is 0 Å². The summed E-state index contributed by atoms with van der Waals surface area (Å²) in [6.45, 7) is 7.13. The fourth-order valence-corrected chi connectivity index (χ4v) is 5.14. The number of carbonyl (C=O) groups is 3. The zero-order valence-corrected chi connectivity index (χ0v) is 25.7. The smallest absolute Gasteiger partial charge is 0.253 e. The van der Waals surface area contributed by atoms with Crippen molar-refractivity contribution in [3.8, 4) is 0 Å². The highest BCUT2D eigenvalue weighted by atomic mass is 19.1. The van der Waals surface area contributed by atoms with Crippen molar-refractivity contribution in [2.75, 3.05) is 19.6 Å². The fraction of sp³-hybridized carbons (Fsp3) is 0.400. The molecular formula is C35H43F2N3O4. The number of nitrogens with zero attached hydrogens (tertiary/aromatic N) is 1. The molecule has 0 aliphatic rings. The molecule has 3 aromatic carbocycles. The van der Waals surface area contributed by atoms with Gasteiger partial charge >= 0.3 is 0 Å². The minimum Gasteiger partial charge on any atom is -0.391 e. The molecule has 0 bridgehead atoms. The lowest BCUT2D eigenvalue weighted by Crippen LogP contribution is -2.46. The molecule has 7 nitrogen and oxygen atoms in total. The summed E-state index contributed by atoms with van der Waals surface area (Å²) in [6, 6.07) is 16.7. The van der Waals surface area contributed by atoms with E-state index in [1.165, 1.54) is 6.07 Å². The van der Waals surface area contributed by atoms with Gasteiger partial charge in [0, 0.05) is 43.2 Å². The first-order valence-corrected chi connectivity index (χ1v) is 15.2. The second-order valence-electron chi connectivity index (χ2n) is 11.1. The number of benzene rings is 3. The second-order valence-corrected chi connectivity index (χ2v) is 11.1. The molecular weight excluding hydrogens is 564 g/mol. The highest BCUT2D eigenvalue weighted by Gasteiger charge is 2.24. The van der Waals surface area contributed by atoms with Gasteiger partial charge in [0.05, 0.1) is 12.1 Å². The molecule has 0 heterocycles. The summed E-state index contributed by atoms with van der Waals surface area (Å²) < 4.78 is 27.9. The third kappa shape index (κ3) is 10.9. The molecule has 2 atom stereocenters. The highest BCUT2D eigenvalue weighted by molar-refractivity contribution is 6.00. The summed E-state index contributed by atoms with van der Waals surface area (Å²) in [5, 5.41) is 16.7. The average Bonchev–Trinajstić information content (AvgIpc) is 2.99. The monoisotopic (exact) mass is 607 g/mol. The number of aliphatic hydroxyl groups is 1. The van der Waals surface area contributed by atoms with Crippen LogP contribution >= 0.6 is 0 Å². The Balaban J connectivity index is 1.73. The van der Waals surface area contributed by atoms with Crippen molar-refractivity contribution in [3.05, 3.63) is 106 Å². The maximum Gasteiger partial charge on any atom is 0.253 e. The number of amides is 3. The number of rotatable bonds is 16. The van der Waals surface area contributed by atoms with E-state index in [1.54, 1.807) is 24.0 Å². The van der Waals surface area contributed by atoms with Crippen LogP contribution in [0.1, 0.15) is 76.9 Å². The van der Waals surface area contributed by atoms with E-state index in [2.05, 4.69) is 10.6 Å². The van der Waals surface area contributed by atoms with E-state index in [-0.39, 0.29) is 48.7 Å². The van der Waals surface area contributed by atoms with Crippen LogP contribution in [0, 0.1) is 18.6 Å². The first-order chi connectivity index (χ1) is 21.1. The van der Waals surface area contributed by atoms with Gasteiger partial charge in [-0.05, 0) is 86.1 Å². The molecule has 0 radical (unpaired) electrons. The zero-order chi connectivity index (χ0) is 32.1. The Bertz CT molecular complexity index is 1370. The van der Waals surface area contributed by atoms with Crippen molar-refractivity contribution in [3.63, 3.8) is 0 Å². The quantitative estimate of drug-likeness (QED) is 0.204. The van der Waals surface area contributed by atoms with Crippen LogP contribution in [-0.4, -0.2) is 59.5 Å². The van der Waals surface area contributed by atoms with Gasteiger partial charge in [-0.15, -0.1) is 0 Å². The van der Waals surface area contributed by atoms with Crippen molar-refractivity contribution in [1.29, 1.82) is 0 Å². The molecule has 3 rings (SSSR count). The maximum atomic E-state index is 14.0. The molecule has 9 heteroatoms. The van der Waals surface area contributed by atoms with Gasteiger partial charge in [-0.1, -0.05) is 44.2 Å². The predicted molar refractivity (Wildman–Crippen MR) is 167 cm³/mol. The van der Waals surface area contributed by atoms with Crippen LogP contribution in [0.4, 0.5) is 8.78 Å².